The predicted octanol–water partition coefficient (Wildman–Crippen LogP) is 8.18. The first kappa shape index (κ1) is 28.8. The smallest absolute Gasteiger partial charge is 0.410 e. The minimum absolute atomic E-state index is 0.157. The Hall–Kier alpha value is -2.28. The lowest BCUT2D eigenvalue weighted by molar-refractivity contribution is 0.0282. The first-order chi connectivity index (χ1) is 19.5. The van der Waals surface area contributed by atoms with Crippen LogP contribution in [0.1, 0.15) is 83.1 Å². The van der Waals surface area contributed by atoms with Crippen LogP contribution < -0.4 is 0 Å². The Morgan fingerprint density at radius 3 is 2.49 bits per heavy atom. The van der Waals surface area contributed by atoms with Crippen molar-refractivity contribution in [1.29, 1.82) is 0 Å². The molecule has 8 heteroatoms. The molecule has 3 aromatic rings. The normalized spacial score (nSPS) is 26.7. The number of imidazole rings is 1. The molecular weight excluding hydrogens is 555 g/mol. The van der Waals surface area contributed by atoms with Crippen LogP contribution in [0.25, 0.3) is 11.0 Å². The van der Waals surface area contributed by atoms with Gasteiger partial charge in [0, 0.05) is 36.6 Å². The van der Waals surface area contributed by atoms with Crippen LogP contribution in [0.3, 0.4) is 0 Å². The van der Waals surface area contributed by atoms with Gasteiger partial charge in [-0.3, -0.25) is 4.90 Å². The molecule has 4 atom stereocenters. The number of aryl methyl sites for hydroxylation is 1. The molecule has 0 aliphatic carbocycles. The number of ether oxygens (including phenoxy) is 1. The predicted molar refractivity (Wildman–Crippen MR) is 166 cm³/mol. The molecule has 4 heterocycles. The lowest BCUT2D eigenvalue weighted by Gasteiger charge is -2.40. The molecule has 0 radical (unpaired) electrons. The van der Waals surface area contributed by atoms with Crippen LogP contribution in [-0.4, -0.2) is 62.8 Å². The average Bonchev–Trinajstić information content (AvgIpc) is 3.56. The molecule has 0 N–H and O–H groups in total. The minimum atomic E-state index is -0.515. The summed E-state index contributed by atoms with van der Waals surface area (Å²) in [6, 6.07) is 16.3. The van der Waals surface area contributed by atoms with Crippen molar-refractivity contribution in [2.75, 3.05) is 19.6 Å². The van der Waals surface area contributed by atoms with Crippen LogP contribution in [0.15, 0.2) is 42.5 Å². The monoisotopic (exact) mass is 596 g/mol. The van der Waals surface area contributed by atoms with Gasteiger partial charge in [-0.2, -0.15) is 0 Å². The number of nitrogens with zero attached hydrogens (tertiary/aromatic N) is 4. The second-order valence-corrected chi connectivity index (χ2v) is 14.2. The molecular formula is C33H42Cl2N4O2. The zero-order valence-electron chi connectivity index (χ0n) is 24.7. The topological polar surface area (TPSA) is 50.6 Å². The number of amides is 1. The summed E-state index contributed by atoms with van der Waals surface area (Å²) in [7, 11) is 0. The molecule has 6 rings (SSSR count). The Morgan fingerprint density at radius 2 is 1.78 bits per heavy atom. The van der Waals surface area contributed by atoms with E-state index in [1.165, 1.54) is 36.8 Å². The highest BCUT2D eigenvalue weighted by atomic mass is 35.5. The highest BCUT2D eigenvalue weighted by Crippen LogP contribution is 2.44. The highest BCUT2D eigenvalue weighted by Gasteiger charge is 2.44. The zero-order valence-corrected chi connectivity index (χ0v) is 26.2. The number of carbonyl (C=O) groups is 1. The molecule has 2 bridgehead atoms. The number of rotatable bonds is 6. The van der Waals surface area contributed by atoms with E-state index < -0.39 is 5.60 Å². The van der Waals surface area contributed by atoms with Gasteiger partial charge in [-0.15, -0.1) is 0 Å². The van der Waals surface area contributed by atoms with Gasteiger partial charge in [0.15, 0.2) is 0 Å². The fraction of sp³-hybridized carbons (Fsp3) is 0.576. The maximum Gasteiger partial charge on any atom is 0.410 e. The Morgan fingerprint density at radius 1 is 1.05 bits per heavy atom. The van der Waals surface area contributed by atoms with Crippen LogP contribution >= 0.6 is 23.2 Å². The van der Waals surface area contributed by atoms with E-state index in [1.807, 2.05) is 37.8 Å². The van der Waals surface area contributed by atoms with Crippen molar-refractivity contribution in [3.8, 4) is 0 Å². The SMILES string of the molecule is Cc1nc2ccccc2n1[C@H]1C[C@H]2CC[C@@H](C1)N2CCCC1(c2ccc(Cl)c(Cl)c2)CCN(C(=O)OC(C)(C)C)C1. The van der Waals surface area contributed by atoms with Gasteiger partial charge in [0.1, 0.15) is 11.4 Å². The van der Waals surface area contributed by atoms with Gasteiger partial charge < -0.3 is 14.2 Å². The standard InChI is InChI=1S/C33H42Cl2N4O2/c1-22-36-29-8-5-6-9-30(29)39(22)26-19-24-11-12-25(20-26)38(24)16-7-14-33(23-10-13-27(34)28(35)18-23)15-17-37(21-33)31(40)41-32(2,3)4/h5-6,8-10,13,18,24-26H,7,11-12,14-17,19-21H2,1-4H3/t24-,25+,26+,33?. The highest BCUT2D eigenvalue weighted by molar-refractivity contribution is 6.42. The largest absolute Gasteiger partial charge is 0.444 e. The summed E-state index contributed by atoms with van der Waals surface area (Å²) in [6.07, 6.45) is 7.65. The summed E-state index contributed by atoms with van der Waals surface area (Å²) in [6.45, 7) is 10.3. The van der Waals surface area contributed by atoms with E-state index in [0.717, 1.165) is 37.1 Å². The van der Waals surface area contributed by atoms with Gasteiger partial charge >= 0.3 is 6.09 Å². The van der Waals surface area contributed by atoms with Crippen LogP contribution in [0.2, 0.25) is 10.0 Å². The fourth-order valence-electron chi connectivity index (χ4n) is 7.81. The van der Waals surface area contributed by atoms with Crippen molar-refractivity contribution in [2.24, 2.45) is 0 Å². The molecule has 0 spiro atoms. The van der Waals surface area contributed by atoms with Crippen molar-refractivity contribution in [2.45, 2.75) is 102 Å². The quantitative estimate of drug-likeness (QED) is 0.288. The third kappa shape index (κ3) is 5.72. The second kappa shape index (κ2) is 11.1. The van der Waals surface area contributed by atoms with E-state index >= 15 is 0 Å². The molecule has 3 aliphatic heterocycles. The van der Waals surface area contributed by atoms with Crippen molar-refractivity contribution in [3.63, 3.8) is 0 Å². The molecule has 41 heavy (non-hydrogen) atoms. The van der Waals surface area contributed by atoms with Crippen molar-refractivity contribution in [1.82, 2.24) is 19.4 Å². The number of piperidine rings is 1. The molecule has 3 saturated heterocycles. The number of hydrogen-bond donors (Lipinski definition) is 0. The van der Waals surface area contributed by atoms with Gasteiger partial charge in [0.05, 0.1) is 21.1 Å². The summed E-state index contributed by atoms with van der Waals surface area (Å²) >= 11 is 12.8. The molecule has 6 nitrogen and oxygen atoms in total. The maximum absolute atomic E-state index is 13.0. The molecule has 0 saturated carbocycles. The summed E-state index contributed by atoms with van der Waals surface area (Å²) in [5, 5.41) is 1.13. The van der Waals surface area contributed by atoms with Gasteiger partial charge in [-0.25, -0.2) is 9.78 Å². The Labute approximate surface area is 253 Å². The minimum Gasteiger partial charge on any atom is -0.444 e. The first-order valence-electron chi connectivity index (χ1n) is 15.2. The van der Waals surface area contributed by atoms with Crippen molar-refractivity contribution in [3.05, 3.63) is 63.9 Å². The first-order valence-corrected chi connectivity index (χ1v) is 15.9. The van der Waals surface area contributed by atoms with Crippen molar-refractivity contribution < 1.29 is 9.53 Å². The second-order valence-electron chi connectivity index (χ2n) is 13.4. The Bertz CT molecular complexity index is 1420. The number of aromatic nitrogens is 2. The lowest BCUT2D eigenvalue weighted by atomic mass is 9.76. The Kier molecular flexibility index (Phi) is 7.80. The van der Waals surface area contributed by atoms with E-state index in [-0.39, 0.29) is 11.5 Å². The van der Waals surface area contributed by atoms with Crippen LogP contribution in [0, 0.1) is 6.92 Å². The number of halogens is 2. The number of hydrogen-bond acceptors (Lipinski definition) is 4. The summed E-state index contributed by atoms with van der Waals surface area (Å²) in [5.41, 5.74) is 2.86. The van der Waals surface area contributed by atoms with E-state index in [9.17, 15) is 4.79 Å². The van der Waals surface area contributed by atoms with Crippen LogP contribution in [0.5, 0.6) is 0 Å². The van der Waals surface area contributed by atoms with E-state index in [2.05, 4.69) is 46.7 Å². The number of likely N-dealkylation sites (tertiary alicyclic amines) is 1. The molecule has 1 aromatic heterocycles. The van der Waals surface area contributed by atoms with Gasteiger partial charge in [0.25, 0.3) is 0 Å². The molecule has 3 aliphatic rings. The molecule has 220 valence electrons. The average molecular weight is 598 g/mol. The van der Waals surface area contributed by atoms with Crippen molar-refractivity contribution >= 4 is 40.3 Å². The third-order valence-electron chi connectivity index (χ3n) is 9.61. The van der Waals surface area contributed by atoms with E-state index in [0.29, 0.717) is 41.3 Å². The van der Waals surface area contributed by atoms with Gasteiger partial charge in [0.2, 0.25) is 0 Å². The number of fused-ring (bicyclic) bond motifs is 3. The van der Waals surface area contributed by atoms with E-state index in [1.54, 1.807) is 0 Å². The number of carbonyl (C=O) groups excluding carboxylic acids is 1. The lowest BCUT2D eigenvalue weighted by Crippen LogP contribution is -2.44. The van der Waals surface area contributed by atoms with Crippen LogP contribution in [0.4, 0.5) is 4.79 Å². The summed E-state index contributed by atoms with van der Waals surface area (Å²) in [5.74, 6) is 1.13. The van der Waals surface area contributed by atoms with E-state index in [4.69, 9.17) is 32.9 Å². The summed E-state index contributed by atoms with van der Waals surface area (Å²) < 4.78 is 8.23. The zero-order chi connectivity index (χ0) is 28.9. The number of benzene rings is 2. The summed E-state index contributed by atoms with van der Waals surface area (Å²) in [4.78, 5) is 22.5. The molecule has 1 amide bonds. The van der Waals surface area contributed by atoms with Crippen LogP contribution in [-0.2, 0) is 10.2 Å². The maximum atomic E-state index is 13.0. The van der Waals surface area contributed by atoms with Gasteiger partial charge in [-0.05, 0) is 109 Å². The Balaban J connectivity index is 1.15. The molecule has 3 fully saturated rings. The molecule has 2 aromatic carbocycles. The molecule has 1 unspecified atom stereocenters. The number of para-hydroxylation sites is 2. The third-order valence-corrected chi connectivity index (χ3v) is 10.3. The fourth-order valence-corrected chi connectivity index (χ4v) is 8.11. The van der Waals surface area contributed by atoms with Gasteiger partial charge in [-0.1, -0.05) is 41.4 Å².